The highest BCUT2D eigenvalue weighted by molar-refractivity contribution is 14.1. The SMILES string of the molecule is COc1cc2c(cc1OC)C(c1ccccc1)=NCC2.O=C1CCC(=O)N1I. The molecule has 0 N–H and O–H groups in total. The summed E-state index contributed by atoms with van der Waals surface area (Å²) in [6.45, 7) is 0.812. The molecule has 7 heteroatoms. The minimum atomic E-state index is -0.0735. The lowest BCUT2D eigenvalue weighted by molar-refractivity contribution is -0.130. The van der Waals surface area contributed by atoms with Crippen molar-refractivity contribution < 1.29 is 19.1 Å². The van der Waals surface area contributed by atoms with Crippen molar-refractivity contribution >= 4 is 40.4 Å². The van der Waals surface area contributed by atoms with Gasteiger partial charge in [0.15, 0.2) is 11.5 Å². The van der Waals surface area contributed by atoms with Gasteiger partial charge >= 0.3 is 0 Å². The summed E-state index contributed by atoms with van der Waals surface area (Å²) in [5.41, 5.74) is 4.57. The Balaban J connectivity index is 0.000000236. The number of nitrogens with zero attached hydrogens (tertiary/aromatic N) is 2. The van der Waals surface area contributed by atoms with E-state index in [0.717, 1.165) is 44.4 Å². The molecule has 2 heterocycles. The van der Waals surface area contributed by atoms with Crippen LogP contribution in [0.4, 0.5) is 0 Å². The Morgan fingerprint density at radius 1 is 0.929 bits per heavy atom. The predicted octanol–water partition coefficient (Wildman–Crippen LogP) is 3.58. The highest BCUT2D eigenvalue weighted by atomic mass is 127. The molecule has 0 unspecified atom stereocenters. The fourth-order valence-corrected chi connectivity index (χ4v) is 3.60. The summed E-state index contributed by atoms with van der Waals surface area (Å²) in [6, 6.07) is 14.3. The van der Waals surface area contributed by atoms with Crippen molar-refractivity contribution in [3.63, 3.8) is 0 Å². The Morgan fingerprint density at radius 2 is 1.54 bits per heavy atom. The number of ether oxygens (including phenoxy) is 2. The van der Waals surface area contributed by atoms with Gasteiger partial charge in [-0.05, 0) is 24.1 Å². The second-order valence-corrected chi connectivity index (χ2v) is 7.24. The van der Waals surface area contributed by atoms with Gasteiger partial charge in [-0.25, -0.2) is 3.11 Å². The number of imide groups is 1. The van der Waals surface area contributed by atoms with Gasteiger partial charge in [-0.1, -0.05) is 30.3 Å². The third-order valence-electron chi connectivity index (χ3n) is 4.55. The monoisotopic (exact) mass is 492 g/mol. The molecule has 6 nitrogen and oxygen atoms in total. The number of hydrogen-bond donors (Lipinski definition) is 0. The van der Waals surface area contributed by atoms with E-state index in [1.165, 1.54) is 5.56 Å². The molecule has 0 bridgehead atoms. The van der Waals surface area contributed by atoms with E-state index in [9.17, 15) is 9.59 Å². The molecule has 1 saturated heterocycles. The molecule has 2 aromatic carbocycles. The molecule has 0 aromatic heterocycles. The average molecular weight is 492 g/mol. The number of fused-ring (bicyclic) bond motifs is 1. The van der Waals surface area contributed by atoms with Crippen LogP contribution in [0.25, 0.3) is 0 Å². The Kier molecular flexibility index (Phi) is 6.66. The molecule has 28 heavy (non-hydrogen) atoms. The second-order valence-electron chi connectivity index (χ2n) is 6.28. The molecule has 2 aromatic rings. The summed E-state index contributed by atoms with van der Waals surface area (Å²) < 4.78 is 11.9. The summed E-state index contributed by atoms with van der Waals surface area (Å²) >= 11 is 1.72. The first-order valence-electron chi connectivity index (χ1n) is 8.92. The van der Waals surface area contributed by atoms with Crippen LogP contribution in [0.1, 0.15) is 29.5 Å². The number of carbonyl (C=O) groups is 2. The minimum Gasteiger partial charge on any atom is -0.493 e. The molecule has 146 valence electrons. The maximum Gasteiger partial charge on any atom is 0.238 e. The quantitative estimate of drug-likeness (QED) is 0.373. The van der Waals surface area contributed by atoms with Gasteiger partial charge in [-0.2, -0.15) is 0 Å². The maximum atomic E-state index is 10.5. The highest BCUT2D eigenvalue weighted by Crippen LogP contribution is 2.33. The molecule has 0 saturated carbocycles. The van der Waals surface area contributed by atoms with E-state index in [0.29, 0.717) is 12.8 Å². The van der Waals surface area contributed by atoms with Gasteiger partial charge in [-0.3, -0.25) is 14.6 Å². The number of hydrogen-bond acceptors (Lipinski definition) is 5. The minimum absolute atomic E-state index is 0.0735. The molecular formula is C21H21IN2O4. The van der Waals surface area contributed by atoms with Crippen molar-refractivity contribution in [2.24, 2.45) is 4.99 Å². The van der Waals surface area contributed by atoms with Gasteiger partial charge in [0.2, 0.25) is 11.8 Å². The van der Waals surface area contributed by atoms with Crippen LogP contribution in [0, 0.1) is 0 Å². The molecule has 0 spiro atoms. The van der Waals surface area contributed by atoms with Crippen LogP contribution in [-0.2, 0) is 16.0 Å². The standard InChI is InChI=1S/C17H17NO2.C4H4INO2/c1-19-15-10-13-8-9-18-17(12-6-4-3-5-7-12)14(13)11-16(15)20-2;5-6-3(7)1-2-4(6)8/h3-7,10-11H,8-9H2,1-2H3;1-2H2. The van der Waals surface area contributed by atoms with E-state index in [1.54, 1.807) is 37.1 Å². The number of aliphatic imine (C=N–C) groups is 1. The lowest BCUT2D eigenvalue weighted by Gasteiger charge is -2.20. The number of carbonyl (C=O) groups excluding carboxylic acids is 2. The van der Waals surface area contributed by atoms with Crippen LogP contribution >= 0.6 is 22.9 Å². The van der Waals surface area contributed by atoms with Crippen molar-refractivity contribution in [2.45, 2.75) is 19.3 Å². The smallest absolute Gasteiger partial charge is 0.238 e. The van der Waals surface area contributed by atoms with Crippen LogP contribution in [0.15, 0.2) is 47.5 Å². The highest BCUT2D eigenvalue weighted by Gasteiger charge is 2.26. The number of methoxy groups -OCH3 is 2. The Hall–Kier alpha value is -2.42. The largest absolute Gasteiger partial charge is 0.493 e. The third kappa shape index (κ3) is 4.35. The van der Waals surface area contributed by atoms with E-state index >= 15 is 0 Å². The van der Waals surface area contributed by atoms with Crippen LogP contribution in [0.5, 0.6) is 11.5 Å². The Bertz CT molecular complexity index is 896. The molecule has 1 fully saturated rings. The second kappa shape index (κ2) is 9.18. The summed E-state index contributed by atoms with van der Waals surface area (Å²) in [5, 5.41) is 0. The predicted molar refractivity (Wildman–Crippen MR) is 115 cm³/mol. The first kappa shape index (κ1) is 20.3. The van der Waals surface area contributed by atoms with Gasteiger partial charge in [0.25, 0.3) is 0 Å². The van der Waals surface area contributed by atoms with Crippen molar-refractivity contribution in [2.75, 3.05) is 20.8 Å². The fraction of sp³-hybridized carbons (Fsp3) is 0.286. The van der Waals surface area contributed by atoms with Gasteiger partial charge in [0.05, 0.1) is 42.8 Å². The van der Waals surface area contributed by atoms with Crippen molar-refractivity contribution in [3.8, 4) is 11.5 Å². The zero-order valence-corrected chi connectivity index (χ0v) is 17.9. The summed E-state index contributed by atoms with van der Waals surface area (Å²) in [4.78, 5) is 25.7. The molecule has 2 aliphatic rings. The van der Waals surface area contributed by atoms with Crippen LogP contribution in [-0.4, -0.2) is 41.4 Å². The topological polar surface area (TPSA) is 68.2 Å². The van der Waals surface area contributed by atoms with E-state index in [-0.39, 0.29) is 11.8 Å². The molecule has 0 radical (unpaired) electrons. The van der Waals surface area contributed by atoms with E-state index in [1.807, 2.05) is 24.3 Å². The van der Waals surface area contributed by atoms with Crippen molar-refractivity contribution in [1.29, 1.82) is 0 Å². The summed E-state index contributed by atoms with van der Waals surface area (Å²) in [6.07, 6.45) is 1.72. The Morgan fingerprint density at radius 3 is 2.07 bits per heavy atom. The third-order valence-corrected chi connectivity index (χ3v) is 5.63. The average Bonchev–Trinajstić information content (AvgIpc) is 3.04. The lowest BCUT2D eigenvalue weighted by Crippen LogP contribution is -2.16. The number of amides is 2. The summed E-state index contributed by atoms with van der Waals surface area (Å²) in [7, 11) is 3.33. The molecule has 4 rings (SSSR count). The molecule has 0 atom stereocenters. The zero-order valence-electron chi connectivity index (χ0n) is 15.8. The zero-order chi connectivity index (χ0) is 20.1. The van der Waals surface area contributed by atoms with Gasteiger partial charge in [-0.15, -0.1) is 0 Å². The van der Waals surface area contributed by atoms with Gasteiger partial charge in [0.1, 0.15) is 0 Å². The number of rotatable bonds is 3. The molecular weight excluding hydrogens is 471 g/mol. The van der Waals surface area contributed by atoms with Crippen LogP contribution in [0.2, 0.25) is 0 Å². The molecule has 2 amide bonds. The fourth-order valence-electron chi connectivity index (χ4n) is 3.11. The van der Waals surface area contributed by atoms with Crippen LogP contribution < -0.4 is 9.47 Å². The van der Waals surface area contributed by atoms with Gasteiger partial charge in [0, 0.05) is 30.5 Å². The number of benzene rings is 2. The molecule has 2 aliphatic heterocycles. The first-order chi connectivity index (χ1) is 13.5. The van der Waals surface area contributed by atoms with Crippen molar-refractivity contribution in [1.82, 2.24) is 3.11 Å². The normalized spacial score (nSPS) is 15.4. The van der Waals surface area contributed by atoms with Gasteiger partial charge < -0.3 is 9.47 Å². The lowest BCUT2D eigenvalue weighted by atomic mass is 9.93. The van der Waals surface area contributed by atoms with E-state index < -0.39 is 0 Å². The number of halogens is 1. The summed E-state index contributed by atoms with van der Waals surface area (Å²) in [5.74, 6) is 1.38. The first-order valence-corrected chi connectivity index (χ1v) is 9.88. The van der Waals surface area contributed by atoms with Crippen LogP contribution in [0.3, 0.4) is 0 Å². The maximum absolute atomic E-state index is 10.5. The van der Waals surface area contributed by atoms with Crippen molar-refractivity contribution in [3.05, 3.63) is 59.2 Å². The van der Waals surface area contributed by atoms with E-state index in [2.05, 4.69) is 18.2 Å². The molecule has 0 aliphatic carbocycles. The Labute approximate surface area is 178 Å². The van der Waals surface area contributed by atoms with E-state index in [4.69, 9.17) is 14.5 Å².